The molecule has 0 spiro atoms. The SMILES string of the molecule is CCn1c(SCC(=O)c2cc(C)c(OC)cc2C)nnc1C(C)Oc1ccc(OC)cc1. The van der Waals surface area contributed by atoms with E-state index in [4.69, 9.17) is 14.2 Å². The summed E-state index contributed by atoms with van der Waals surface area (Å²) in [5.41, 5.74) is 2.54. The summed E-state index contributed by atoms with van der Waals surface area (Å²) < 4.78 is 18.5. The van der Waals surface area contributed by atoms with Gasteiger partial charge in [-0.3, -0.25) is 4.79 Å². The third-order valence-electron chi connectivity index (χ3n) is 5.17. The van der Waals surface area contributed by atoms with Crippen molar-refractivity contribution in [1.29, 1.82) is 0 Å². The highest BCUT2D eigenvalue weighted by Crippen LogP contribution is 2.28. The van der Waals surface area contributed by atoms with Gasteiger partial charge < -0.3 is 18.8 Å². The van der Waals surface area contributed by atoms with Crippen LogP contribution in [0.1, 0.15) is 47.3 Å². The van der Waals surface area contributed by atoms with Crippen molar-refractivity contribution < 1.29 is 19.0 Å². The van der Waals surface area contributed by atoms with E-state index in [0.717, 1.165) is 34.2 Å². The van der Waals surface area contributed by atoms with Crippen LogP contribution in [0.5, 0.6) is 17.2 Å². The highest BCUT2D eigenvalue weighted by Gasteiger charge is 2.20. The second kappa shape index (κ2) is 10.5. The molecule has 0 amide bonds. The summed E-state index contributed by atoms with van der Waals surface area (Å²) in [5, 5.41) is 9.35. The molecule has 1 atom stereocenters. The molecule has 7 nitrogen and oxygen atoms in total. The van der Waals surface area contributed by atoms with Gasteiger partial charge in [0.15, 0.2) is 22.9 Å². The zero-order chi connectivity index (χ0) is 23.3. The Morgan fingerprint density at radius 2 is 1.72 bits per heavy atom. The van der Waals surface area contributed by atoms with E-state index in [9.17, 15) is 4.79 Å². The molecule has 3 rings (SSSR count). The molecule has 32 heavy (non-hydrogen) atoms. The van der Waals surface area contributed by atoms with E-state index in [0.29, 0.717) is 17.3 Å². The number of ether oxygens (including phenoxy) is 3. The van der Waals surface area contributed by atoms with Gasteiger partial charge in [0.1, 0.15) is 17.2 Å². The molecular weight excluding hydrogens is 426 g/mol. The summed E-state index contributed by atoms with van der Waals surface area (Å²) in [4.78, 5) is 12.9. The summed E-state index contributed by atoms with van der Waals surface area (Å²) in [7, 11) is 3.26. The Balaban J connectivity index is 1.70. The molecule has 0 bridgehead atoms. The maximum atomic E-state index is 12.9. The number of methoxy groups -OCH3 is 2. The monoisotopic (exact) mass is 455 g/mol. The van der Waals surface area contributed by atoms with Crippen LogP contribution in [-0.4, -0.2) is 40.5 Å². The van der Waals surface area contributed by atoms with Crippen LogP contribution in [0.25, 0.3) is 0 Å². The van der Waals surface area contributed by atoms with Crippen molar-refractivity contribution in [2.75, 3.05) is 20.0 Å². The number of nitrogens with zero attached hydrogens (tertiary/aromatic N) is 3. The Bertz CT molecular complexity index is 1080. The van der Waals surface area contributed by atoms with Crippen LogP contribution >= 0.6 is 11.8 Å². The minimum atomic E-state index is -0.299. The molecule has 0 saturated heterocycles. The molecule has 8 heteroatoms. The first-order chi connectivity index (χ1) is 15.4. The zero-order valence-corrected chi connectivity index (χ0v) is 20.2. The smallest absolute Gasteiger partial charge is 0.191 e. The summed E-state index contributed by atoms with van der Waals surface area (Å²) in [5.74, 6) is 3.32. The molecule has 1 heterocycles. The zero-order valence-electron chi connectivity index (χ0n) is 19.3. The third kappa shape index (κ3) is 5.24. The number of ketones is 1. The van der Waals surface area contributed by atoms with Crippen LogP contribution < -0.4 is 14.2 Å². The second-order valence-corrected chi connectivity index (χ2v) is 8.31. The van der Waals surface area contributed by atoms with Gasteiger partial charge in [0.2, 0.25) is 0 Å². The number of thioether (sulfide) groups is 1. The first kappa shape index (κ1) is 23.7. The number of hydrogen-bond acceptors (Lipinski definition) is 7. The first-order valence-corrected chi connectivity index (χ1v) is 11.4. The second-order valence-electron chi connectivity index (χ2n) is 7.37. The van der Waals surface area contributed by atoms with E-state index >= 15 is 0 Å². The summed E-state index contributed by atoms with van der Waals surface area (Å²) in [6, 6.07) is 11.2. The van der Waals surface area contributed by atoms with E-state index in [2.05, 4.69) is 10.2 Å². The molecule has 0 fully saturated rings. The lowest BCUT2D eigenvalue weighted by atomic mass is 10.0. The maximum absolute atomic E-state index is 12.9. The van der Waals surface area contributed by atoms with Gasteiger partial charge in [-0.15, -0.1) is 10.2 Å². The van der Waals surface area contributed by atoms with E-state index in [1.807, 2.05) is 68.7 Å². The van der Waals surface area contributed by atoms with Crippen molar-refractivity contribution in [2.45, 2.75) is 45.5 Å². The van der Waals surface area contributed by atoms with Crippen molar-refractivity contribution in [3.8, 4) is 17.2 Å². The van der Waals surface area contributed by atoms with Gasteiger partial charge >= 0.3 is 0 Å². The van der Waals surface area contributed by atoms with Gasteiger partial charge in [0.05, 0.1) is 20.0 Å². The van der Waals surface area contributed by atoms with Crippen LogP contribution in [0, 0.1) is 13.8 Å². The van der Waals surface area contributed by atoms with Gasteiger partial charge in [-0.25, -0.2) is 0 Å². The fourth-order valence-corrected chi connectivity index (χ4v) is 4.33. The van der Waals surface area contributed by atoms with E-state index in [-0.39, 0.29) is 17.6 Å². The predicted molar refractivity (Wildman–Crippen MR) is 125 cm³/mol. The fraction of sp³-hybridized carbons (Fsp3) is 0.375. The largest absolute Gasteiger partial charge is 0.497 e. The number of carbonyl (C=O) groups is 1. The lowest BCUT2D eigenvalue weighted by Gasteiger charge is -2.16. The fourth-order valence-electron chi connectivity index (χ4n) is 3.43. The molecule has 1 aromatic heterocycles. The normalized spacial score (nSPS) is 11.8. The van der Waals surface area contributed by atoms with Crippen LogP contribution in [0.4, 0.5) is 0 Å². The minimum absolute atomic E-state index is 0.0491. The number of carbonyl (C=O) groups excluding carboxylic acids is 1. The molecule has 2 aromatic carbocycles. The predicted octanol–water partition coefficient (Wildman–Crippen LogP) is 5.05. The lowest BCUT2D eigenvalue weighted by Crippen LogP contribution is -2.12. The summed E-state index contributed by atoms with van der Waals surface area (Å²) >= 11 is 1.39. The average Bonchev–Trinajstić information content (AvgIpc) is 3.22. The molecule has 170 valence electrons. The van der Waals surface area contributed by atoms with Crippen LogP contribution in [0.15, 0.2) is 41.6 Å². The lowest BCUT2D eigenvalue weighted by molar-refractivity contribution is 0.102. The number of aryl methyl sites for hydroxylation is 2. The molecule has 1 unspecified atom stereocenters. The van der Waals surface area contributed by atoms with Crippen LogP contribution in [-0.2, 0) is 6.54 Å². The molecule has 0 aliphatic heterocycles. The number of rotatable bonds is 10. The van der Waals surface area contributed by atoms with Crippen molar-refractivity contribution >= 4 is 17.5 Å². The van der Waals surface area contributed by atoms with E-state index in [1.54, 1.807) is 14.2 Å². The number of hydrogen-bond donors (Lipinski definition) is 0. The topological polar surface area (TPSA) is 75.5 Å². The Kier molecular flexibility index (Phi) is 7.80. The Labute approximate surface area is 193 Å². The van der Waals surface area contributed by atoms with E-state index < -0.39 is 0 Å². The quantitative estimate of drug-likeness (QED) is 0.313. The van der Waals surface area contributed by atoms with Gasteiger partial charge in [-0.1, -0.05) is 11.8 Å². The Morgan fingerprint density at radius 3 is 2.34 bits per heavy atom. The summed E-state index contributed by atoms with van der Waals surface area (Å²) in [6.45, 7) is 8.49. The highest BCUT2D eigenvalue weighted by atomic mass is 32.2. The third-order valence-corrected chi connectivity index (χ3v) is 6.14. The standard InChI is InChI=1S/C24H29N3O4S/c1-7-27-23(17(4)31-19-10-8-18(29-5)9-11-19)25-26-24(27)32-14-21(28)20-12-16(3)22(30-6)13-15(20)2/h8-13,17H,7,14H2,1-6H3. The van der Waals surface area contributed by atoms with Gasteiger partial charge in [0.25, 0.3) is 0 Å². The number of Topliss-reactive ketones (excluding diaryl/α,β-unsaturated/α-hetero) is 1. The van der Waals surface area contributed by atoms with Crippen molar-refractivity contribution in [3.63, 3.8) is 0 Å². The average molecular weight is 456 g/mol. The number of benzene rings is 2. The first-order valence-electron chi connectivity index (χ1n) is 10.4. The molecule has 0 aliphatic carbocycles. The molecule has 3 aromatic rings. The van der Waals surface area contributed by atoms with Crippen molar-refractivity contribution in [3.05, 3.63) is 58.9 Å². The number of aromatic nitrogens is 3. The molecule has 0 radical (unpaired) electrons. The molecule has 0 saturated carbocycles. The molecule has 0 N–H and O–H groups in total. The van der Waals surface area contributed by atoms with E-state index in [1.165, 1.54) is 11.8 Å². The maximum Gasteiger partial charge on any atom is 0.191 e. The molecular formula is C24H29N3O4S. The summed E-state index contributed by atoms with van der Waals surface area (Å²) in [6.07, 6.45) is -0.299. The minimum Gasteiger partial charge on any atom is -0.497 e. The van der Waals surface area contributed by atoms with Gasteiger partial charge in [-0.05, 0) is 75.2 Å². The van der Waals surface area contributed by atoms with Gasteiger partial charge in [0, 0.05) is 12.1 Å². The van der Waals surface area contributed by atoms with Gasteiger partial charge in [-0.2, -0.15) is 0 Å². The van der Waals surface area contributed by atoms with Crippen LogP contribution in [0.3, 0.4) is 0 Å². The highest BCUT2D eigenvalue weighted by molar-refractivity contribution is 7.99. The van der Waals surface area contributed by atoms with Crippen molar-refractivity contribution in [1.82, 2.24) is 14.8 Å². The van der Waals surface area contributed by atoms with Crippen molar-refractivity contribution in [2.24, 2.45) is 0 Å². The molecule has 0 aliphatic rings. The Hall–Kier alpha value is -3.00. The Morgan fingerprint density at radius 1 is 1.03 bits per heavy atom. The van der Waals surface area contributed by atoms with Crippen LogP contribution in [0.2, 0.25) is 0 Å².